The van der Waals surface area contributed by atoms with Crippen LogP contribution in [0.2, 0.25) is 0 Å². The van der Waals surface area contributed by atoms with Crippen molar-refractivity contribution in [1.29, 1.82) is 0 Å². The molecule has 1 heterocycles. The van der Waals surface area contributed by atoms with E-state index in [2.05, 4.69) is 46.7 Å². The van der Waals surface area contributed by atoms with E-state index in [9.17, 15) is 0 Å². The Bertz CT molecular complexity index is 526. The van der Waals surface area contributed by atoms with Crippen LogP contribution < -0.4 is 5.32 Å². The Morgan fingerprint density at radius 3 is 2.75 bits per heavy atom. The highest BCUT2D eigenvalue weighted by molar-refractivity contribution is 5.62. The minimum atomic E-state index is 0.594. The van der Waals surface area contributed by atoms with Gasteiger partial charge in [-0.15, -0.1) is 0 Å². The number of rotatable bonds is 5. The van der Waals surface area contributed by atoms with Gasteiger partial charge < -0.3 is 5.32 Å². The molecule has 1 aromatic carbocycles. The van der Waals surface area contributed by atoms with Crippen LogP contribution in [-0.4, -0.2) is 16.2 Å². The molecular formula is C17H23N3. The standard InChI is InChI=1S/C17H23N3/c1-13(14-7-5-6-8-14)18-11-16-12-19-20-17(16)15-9-3-2-4-10-15/h2-4,9-10,12-14,18H,5-8,11H2,1H3,(H,19,20)/t13-/m1/s1. The minimum absolute atomic E-state index is 0.594. The normalized spacial score (nSPS) is 17.4. The Kier molecular flexibility index (Phi) is 4.16. The summed E-state index contributed by atoms with van der Waals surface area (Å²) in [6, 6.07) is 11.0. The third kappa shape index (κ3) is 2.93. The van der Waals surface area contributed by atoms with Gasteiger partial charge in [-0.3, -0.25) is 5.10 Å². The second kappa shape index (κ2) is 6.23. The zero-order chi connectivity index (χ0) is 13.8. The van der Waals surface area contributed by atoms with Crippen molar-refractivity contribution < 1.29 is 0 Å². The molecule has 0 bridgehead atoms. The fraction of sp³-hybridized carbons (Fsp3) is 0.471. The number of benzene rings is 1. The van der Waals surface area contributed by atoms with Gasteiger partial charge in [0, 0.05) is 18.2 Å². The van der Waals surface area contributed by atoms with Crippen LogP contribution in [0.15, 0.2) is 36.5 Å². The van der Waals surface area contributed by atoms with E-state index in [-0.39, 0.29) is 0 Å². The number of hydrogen-bond donors (Lipinski definition) is 2. The summed E-state index contributed by atoms with van der Waals surface area (Å²) in [7, 11) is 0. The van der Waals surface area contributed by atoms with Gasteiger partial charge >= 0.3 is 0 Å². The van der Waals surface area contributed by atoms with Gasteiger partial charge in [0.15, 0.2) is 0 Å². The van der Waals surface area contributed by atoms with Crippen molar-refractivity contribution in [2.45, 2.75) is 45.2 Å². The van der Waals surface area contributed by atoms with Crippen molar-refractivity contribution in [2.75, 3.05) is 0 Å². The zero-order valence-electron chi connectivity index (χ0n) is 12.1. The molecule has 0 spiro atoms. The highest BCUT2D eigenvalue weighted by Crippen LogP contribution is 2.28. The molecule has 2 aromatic rings. The maximum atomic E-state index is 4.21. The molecular weight excluding hydrogens is 246 g/mol. The van der Waals surface area contributed by atoms with Crippen molar-refractivity contribution in [3.05, 3.63) is 42.1 Å². The molecule has 0 aliphatic heterocycles. The van der Waals surface area contributed by atoms with E-state index in [1.165, 1.54) is 36.8 Å². The van der Waals surface area contributed by atoms with Gasteiger partial charge in [-0.2, -0.15) is 5.10 Å². The van der Waals surface area contributed by atoms with Gasteiger partial charge in [-0.25, -0.2) is 0 Å². The molecule has 1 atom stereocenters. The largest absolute Gasteiger partial charge is 0.310 e. The molecule has 3 heteroatoms. The Labute approximate surface area is 120 Å². The highest BCUT2D eigenvalue weighted by atomic mass is 15.1. The number of hydrogen-bond acceptors (Lipinski definition) is 2. The first kappa shape index (κ1) is 13.4. The molecule has 1 saturated carbocycles. The van der Waals surface area contributed by atoms with Crippen molar-refractivity contribution in [3.63, 3.8) is 0 Å². The van der Waals surface area contributed by atoms with E-state index >= 15 is 0 Å². The van der Waals surface area contributed by atoms with Crippen LogP contribution in [0.1, 0.15) is 38.2 Å². The van der Waals surface area contributed by atoms with Gasteiger partial charge in [0.25, 0.3) is 0 Å². The number of nitrogens with one attached hydrogen (secondary N) is 2. The number of nitrogens with zero attached hydrogens (tertiary/aromatic N) is 1. The second-order valence-electron chi connectivity index (χ2n) is 5.85. The topological polar surface area (TPSA) is 40.7 Å². The smallest absolute Gasteiger partial charge is 0.0695 e. The number of aromatic amines is 1. The predicted molar refractivity (Wildman–Crippen MR) is 82.3 cm³/mol. The van der Waals surface area contributed by atoms with Gasteiger partial charge in [0.05, 0.1) is 11.9 Å². The fourth-order valence-corrected chi connectivity index (χ4v) is 3.19. The molecule has 0 radical (unpaired) electrons. The highest BCUT2D eigenvalue weighted by Gasteiger charge is 2.21. The van der Waals surface area contributed by atoms with Crippen molar-refractivity contribution in [3.8, 4) is 11.3 Å². The monoisotopic (exact) mass is 269 g/mol. The lowest BCUT2D eigenvalue weighted by Crippen LogP contribution is -2.31. The van der Waals surface area contributed by atoms with Crippen LogP contribution in [0, 0.1) is 5.92 Å². The van der Waals surface area contributed by atoms with E-state index in [0.717, 1.165) is 18.2 Å². The summed E-state index contributed by atoms with van der Waals surface area (Å²) in [5.41, 5.74) is 3.59. The molecule has 0 amide bonds. The average molecular weight is 269 g/mol. The lowest BCUT2D eigenvalue weighted by atomic mass is 9.99. The van der Waals surface area contributed by atoms with E-state index in [1.54, 1.807) is 0 Å². The molecule has 20 heavy (non-hydrogen) atoms. The predicted octanol–water partition coefficient (Wildman–Crippen LogP) is 3.75. The van der Waals surface area contributed by atoms with Gasteiger partial charge in [0.2, 0.25) is 0 Å². The van der Waals surface area contributed by atoms with Crippen LogP contribution in [0.3, 0.4) is 0 Å². The van der Waals surface area contributed by atoms with Crippen LogP contribution >= 0.6 is 0 Å². The first-order valence-corrected chi connectivity index (χ1v) is 7.65. The molecule has 1 fully saturated rings. The van der Waals surface area contributed by atoms with E-state index in [1.807, 2.05) is 12.3 Å². The molecule has 2 N–H and O–H groups in total. The quantitative estimate of drug-likeness (QED) is 0.868. The average Bonchev–Trinajstić information content (AvgIpc) is 3.17. The molecule has 1 aliphatic carbocycles. The molecule has 1 aromatic heterocycles. The summed E-state index contributed by atoms with van der Waals surface area (Å²) in [6.45, 7) is 3.21. The summed E-state index contributed by atoms with van der Waals surface area (Å²) >= 11 is 0. The third-order valence-electron chi connectivity index (χ3n) is 4.50. The molecule has 3 rings (SSSR count). The van der Waals surface area contributed by atoms with Crippen LogP contribution in [-0.2, 0) is 6.54 Å². The number of aromatic nitrogens is 2. The molecule has 3 nitrogen and oxygen atoms in total. The van der Waals surface area contributed by atoms with Crippen molar-refractivity contribution in [1.82, 2.24) is 15.5 Å². The van der Waals surface area contributed by atoms with Crippen molar-refractivity contribution in [2.24, 2.45) is 5.92 Å². The number of H-pyrrole nitrogens is 1. The lowest BCUT2D eigenvalue weighted by Gasteiger charge is -2.20. The summed E-state index contributed by atoms with van der Waals surface area (Å²) in [6.07, 6.45) is 7.50. The summed E-state index contributed by atoms with van der Waals surface area (Å²) in [4.78, 5) is 0. The fourth-order valence-electron chi connectivity index (χ4n) is 3.19. The van der Waals surface area contributed by atoms with Crippen LogP contribution in [0.25, 0.3) is 11.3 Å². The van der Waals surface area contributed by atoms with Crippen LogP contribution in [0.4, 0.5) is 0 Å². The van der Waals surface area contributed by atoms with Crippen molar-refractivity contribution >= 4 is 0 Å². The summed E-state index contributed by atoms with van der Waals surface area (Å²) in [5.74, 6) is 0.849. The molecule has 0 saturated heterocycles. The van der Waals surface area contributed by atoms with E-state index in [0.29, 0.717) is 6.04 Å². The Morgan fingerprint density at radius 1 is 1.25 bits per heavy atom. The minimum Gasteiger partial charge on any atom is -0.310 e. The van der Waals surface area contributed by atoms with Crippen LogP contribution in [0.5, 0.6) is 0 Å². The molecule has 106 valence electrons. The Morgan fingerprint density at radius 2 is 2.00 bits per heavy atom. The zero-order valence-corrected chi connectivity index (χ0v) is 12.1. The molecule has 1 aliphatic rings. The van der Waals surface area contributed by atoms with E-state index in [4.69, 9.17) is 0 Å². The van der Waals surface area contributed by atoms with Gasteiger partial charge in [-0.05, 0) is 31.2 Å². The lowest BCUT2D eigenvalue weighted by molar-refractivity contribution is 0.381. The summed E-state index contributed by atoms with van der Waals surface area (Å²) < 4.78 is 0. The Hall–Kier alpha value is -1.61. The first-order chi connectivity index (χ1) is 9.84. The molecule has 0 unspecified atom stereocenters. The SMILES string of the molecule is C[C@@H](NCc1cn[nH]c1-c1ccccc1)C1CCCC1. The maximum Gasteiger partial charge on any atom is 0.0695 e. The van der Waals surface area contributed by atoms with Gasteiger partial charge in [-0.1, -0.05) is 43.2 Å². The second-order valence-corrected chi connectivity index (χ2v) is 5.85. The van der Waals surface area contributed by atoms with E-state index < -0.39 is 0 Å². The Balaban J connectivity index is 1.65. The summed E-state index contributed by atoms with van der Waals surface area (Å²) in [5, 5.41) is 11.0. The third-order valence-corrected chi connectivity index (χ3v) is 4.50. The van der Waals surface area contributed by atoms with Gasteiger partial charge in [0.1, 0.15) is 0 Å². The maximum absolute atomic E-state index is 4.21. The first-order valence-electron chi connectivity index (χ1n) is 7.65.